The molecule has 0 radical (unpaired) electrons. The number of benzene rings is 2. The predicted octanol–water partition coefficient (Wildman–Crippen LogP) is 5.39. The number of anilines is 2. The number of nitrogens with one attached hydrogen (secondary N) is 2. The van der Waals surface area contributed by atoms with Crippen molar-refractivity contribution in [1.82, 2.24) is 14.8 Å². The molecule has 33 heavy (non-hydrogen) atoms. The maximum atomic E-state index is 13.5. The summed E-state index contributed by atoms with van der Waals surface area (Å²) >= 11 is 0. The zero-order chi connectivity index (χ0) is 23.4. The number of fused-ring (bicyclic) bond motifs is 1. The van der Waals surface area contributed by atoms with Crippen molar-refractivity contribution in [1.29, 1.82) is 0 Å². The SMILES string of the molecule is CCCCCOc1ccc([C@H]2C(C(=O)Nc3ccc(C)cc3C)=C(C)Nc3ncnn32)cc1. The average Bonchev–Trinajstić information content (AvgIpc) is 3.26. The van der Waals surface area contributed by atoms with Gasteiger partial charge in [0.05, 0.1) is 12.2 Å². The first-order chi connectivity index (χ1) is 16.0. The Morgan fingerprint density at radius 3 is 2.64 bits per heavy atom. The van der Waals surface area contributed by atoms with Gasteiger partial charge in [-0.2, -0.15) is 10.1 Å². The van der Waals surface area contributed by atoms with Gasteiger partial charge in [-0.05, 0) is 56.5 Å². The summed E-state index contributed by atoms with van der Waals surface area (Å²) in [4.78, 5) is 17.8. The summed E-state index contributed by atoms with van der Waals surface area (Å²) in [6, 6.07) is 13.5. The minimum Gasteiger partial charge on any atom is -0.494 e. The zero-order valence-corrected chi connectivity index (χ0v) is 19.7. The molecule has 2 N–H and O–H groups in total. The number of nitrogens with zero attached hydrogens (tertiary/aromatic N) is 3. The number of ether oxygens (including phenoxy) is 1. The van der Waals surface area contributed by atoms with Gasteiger partial charge in [-0.1, -0.05) is 49.6 Å². The van der Waals surface area contributed by atoms with Crippen molar-refractivity contribution in [3.8, 4) is 5.75 Å². The van der Waals surface area contributed by atoms with Crippen LogP contribution in [0.2, 0.25) is 0 Å². The van der Waals surface area contributed by atoms with Gasteiger partial charge in [0.15, 0.2) is 0 Å². The minimum absolute atomic E-state index is 0.169. The summed E-state index contributed by atoms with van der Waals surface area (Å²) in [5.74, 6) is 1.27. The topological polar surface area (TPSA) is 81.1 Å². The molecule has 0 bridgehead atoms. The molecule has 4 rings (SSSR count). The summed E-state index contributed by atoms with van der Waals surface area (Å²) < 4.78 is 7.61. The van der Waals surface area contributed by atoms with Gasteiger partial charge in [0, 0.05) is 11.4 Å². The molecule has 172 valence electrons. The highest BCUT2D eigenvalue weighted by atomic mass is 16.5. The molecule has 0 saturated carbocycles. The highest BCUT2D eigenvalue weighted by Gasteiger charge is 2.33. The fourth-order valence-electron chi connectivity index (χ4n) is 4.13. The fraction of sp³-hybridized carbons (Fsp3) is 0.346. The van der Waals surface area contributed by atoms with Crippen LogP contribution in [0.1, 0.15) is 55.8 Å². The van der Waals surface area contributed by atoms with E-state index in [1.807, 2.05) is 57.2 Å². The van der Waals surface area contributed by atoms with E-state index in [4.69, 9.17) is 4.74 Å². The molecule has 0 unspecified atom stereocenters. The maximum absolute atomic E-state index is 13.5. The van der Waals surface area contributed by atoms with Crippen molar-refractivity contribution in [2.45, 2.75) is 53.0 Å². The molecule has 1 aliphatic rings. The standard InChI is InChI=1S/C26H31N5O2/c1-5-6-7-14-33-21-11-9-20(10-12-21)24-23(19(4)29-26-27-16-28-31(24)26)25(32)30-22-13-8-17(2)15-18(22)3/h8-13,15-16,24H,5-7,14H2,1-4H3,(H,30,32)(H,27,28,29)/t24-/m0/s1. The molecule has 2 aromatic carbocycles. The summed E-state index contributed by atoms with van der Waals surface area (Å²) in [6.07, 6.45) is 4.86. The van der Waals surface area contributed by atoms with E-state index < -0.39 is 6.04 Å². The molecule has 0 spiro atoms. The first-order valence-electron chi connectivity index (χ1n) is 11.5. The van der Waals surface area contributed by atoms with Crippen LogP contribution in [0, 0.1) is 13.8 Å². The molecule has 0 saturated heterocycles. The van der Waals surface area contributed by atoms with E-state index in [0.717, 1.165) is 53.1 Å². The van der Waals surface area contributed by atoms with Crippen molar-refractivity contribution >= 4 is 17.5 Å². The molecular weight excluding hydrogens is 414 g/mol. The number of carbonyl (C=O) groups excluding carboxylic acids is 1. The number of amides is 1. The minimum atomic E-state index is -0.399. The van der Waals surface area contributed by atoms with E-state index in [-0.39, 0.29) is 5.91 Å². The van der Waals surface area contributed by atoms with Crippen LogP contribution in [-0.4, -0.2) is 27.3 Å². The van der Waals surface area contributed by atoms with Gasteiger partial charge in [0.2, 0.25) is 5.95 Å². The second kappa shape index (κ2) is 9.90. The summed E-state index contributed by atoms with van der Waals surface area (Å²) in [7, 11) is 0. The zero-order valence-electron chi connectivity index (χ0n) is 19.7. The van der Waals surface area contributed by atoms with Crippen LogP contribution in [0.3, 0.4) is 0 Å². The lowest BCUT2D eigenvalue weighted by Gasteiger charge is -2.29. The molecular formula is C26H31N5O2. The smallest absolute Gasteiger partial charge is 0.255 e. The highest BCUT2D eigenvalue weighted by molar-refractivity contribution is 6.06. The number of hydrogen-bond acceptors (Lipinski definition) is 5. The third-order valence-electron chi connectivity index (χ3n) is 5.88. The summed E-state index contributed by atoms with van der Waals surface area (Å²) in [5.41, 5.74) is 5.27. The van der Waals surface area contributed by atoms with Crippen LogP contribution < -0.4 is 15.4 Å². The number of hydrogen-bond donors (Lipinski definition) is 2. The van der Waals surface area contributed by atoms with Crippen LogP contribution in [0.4, 0.5) is 11.6 Å². The number of aryl methyl sites for hydroxylation is 2. The predicted molar refractivity (Wildman–Crippen MR) is 130 cm³/mol. The number of unbranched alkanes of at least 4 members (excludes halogenated alkanes) is 2. The fourth-order valence-corrected chi connectivity index (χ4v) is 4.13. The number of rotatable bonds is 8. The van der Waals surface area contributed by atoms with Gasteiger partial charge >= 0.3 is 0 Å². The van der Waals surface area contributed by atoms with Crippen molar-refractivity contribution in [2.75, 3.05) is 17.2 Å². The largest absolute Gasteiger partial charge is 0.494 e. The lowest BCUT2D eigenvalue weighted by atomic mass is 9.94. The second-order valence-corrected chi connectivity index (χ2v) is 8.49. The first kappa shape index (κ1) is 22.6. The van der Waals surface area contributed by atoms with Crippen LogP contribution in [-0.2, 0) is 4.79 Å². The quantitative estimate of drug-likeness (QED) is 0.454. The van der Waals surface area contributed by atoms with Crippen molar-refractivity contribution in [3.05, 3.63) is 76.8 Å². The third-order valence-corrected chi connectivity index (χ3v) is 5.88. The summed E-state index contributed by atoms with van der Waals surface area (Å²) in [6.45, 7) is 8.81. The Morgan fingerprint density at radius 1 is 1.12 bits per heavy atom. The lowest BCUT2D eigenvalue weighted by molar-refractivity contribution is -0.113. The highest BCUT2D eigenvalue weighted by Crippen LogP contribution is 2.36. The van der Waals surface area contributed by atoms with Crippen LogP contribution in [0.15, 0.2) is 60.1 Å². The molecule has 7 nitrogen and oxygen atoms in total. The Labute approximate surface area is 194 Å². The van der Waals surface area contributed by atoms with Crippen molar-refractivity contribution in [2.24, 2.45) is 0 Å². The van der Waals surface area contributed by atoms with Gasteiger partial charge in [-0.15, -0.1) is 0 Å². The average molecular weight is 446 g/mol. The normalized spacial score (nSPS) is 15.1. The molecule has 0 fully saturated rings. The van der Waals surface area contributed by atoms with E-state index >= 15 is 0 Å². The van der Waals surface area contributed by atoms with Gasteiger partial charge in [-0.25, -0.2) is 4.68 Å². The van der Waals surface area contributed by atoms with Gasteiger partial charge in [-0.3, -0.25) is 4.79 Å². The van der Waals surface area contributed by atoms with E-state index in [2.05, 4.69) is 33.7 Å². The van der Waals surface area contributed by atoms with Gasteiger partial charge < -0.3 is 15.4 Å². The van der Waals surface area contributed by atoms with E-state index in [0.29, 0.717) is 18.1 Å². The molecule has 7 heteroatoms. The second-order valence-electron chi connectivity index (χ2n) is 8.49. The third kappa shape index (κ3) is 4.92. The first-order valence-corrected chi connectivity index (χ1v) is 11.5. The molecule has 1 aromatic heterocycles. The van der Waals surface area contributed by atoms with Gasteiger partial charge in [0.1, 0.15) is 18.1 Å². The Hall–Kier alpha value is -3.61. The molecule has 1 atom stereocenters. The molecule has 1 amide bonds. The Morgan fingerprint density at radius 2 is 1.91 bits per heavy atom. The lowest BCUT2D eigenvalue weighted by Crippen LogP contribution is -2.31. The molecule has 1 aliphatic heterocycles. The van der Waals surface area contributed by atoms with E-state index in [9.17, 15) is 4.79 Å². The van der Waals surface area contributed by atoms with Crippen molar-refractivity contribution in [3.63, 3.8) is 0 Å². The number of aromatic nitrogens is 3. The van der Waals surface area contributed by atoms with Crippen molar-refractivity contribution < 1.29 is 9.53 Å². The maximum Gasteiger partial charge on any atom is 0.255 e. The molecule has 3 aromatic rings. The van der Waals surface area contributed by atoms with E-state index in [1.165, 1.54) is 6.33 Å². The van der Waals surface area contributed by atoms with Crippen LogP contribution in [0.5, 0.6) is 5.75 Å². The Kier molecular flexibility index (Phi) is 6.77. The van der Waals surface area contributed by atoms with Gasteiger partial charge in [0.25, 0.3) is 5.91 Å². The van der Waals surface area contributed by atoms with E-state index in [1.54, 1.807) is 4.68 Å². The van der Waals surface area contributed by atoms with Crippen LogP contribution in [0.25, 0.3) is 0 Å². The Bertz CT molecular complexity index is 1160. The molecule has 0 aliphatic carbocycles. The monoisotopic (exact) mass is 445 g/mol. The number of allylic oxidation sites excluding steroid dienone is 1. The Balaban J connectivity index is 1.62. The van der Waals surface area contributed by atoms with Crippen LogP contribution >= 0.6 is 0 Å². The molecule has 2 heterocycles. The summed E-state index contributed by atoms with van der Waals surface area (Å²) in [5, 5.41) is 10.7. The number of carbonyl (C=O) groups is 1.